The number of rotatable bonds is 2. The zero-order chi connectivity index (χ0) is 9.26. The summed E-state index contributed by atoms with van der Waals surface area (Å²) in [6.07, 6.45) is 1.45. The molecule has 2 aromatic rings. The summed E-state index contributed by atoms with van der Waals surface area (Å²) in [4.78, 5) is 24.6. The van der Waals surface area contributed by atoms with Crippen molar-refractivity contribution in [3.05, 3.63) is 16.7 Å². The Morgan fingerprint density at radius 1 is 1.62 bits per heavy atom. The molecule has 0 aliphatic carbocycles. The molecule has 0 aliphatic heterocycles. The Labute approximate surface area is 73.4 Å². The van der Waals surface area contributed by atoms with E-state index in [4.69, 9.17) is 0 Å². The Morgan fingerprint density at radius 3 is 3.23 bits per heavy atom. The lowest BCUT2D eigenvalue weighted by Gasteiger charge is -1.99. The Kier molecular flexibility index (Phi) is 1.73. The van der Waals surface area contributed by atoms with Gasteiger partial charge in [0, 0.05) is 6.54 Å². The van der Waals surface area contributed by atoms with Crippen molar-refractivity contribution in [3.8, 4) is 0 Å². The highest BCUT2D eigenvalue weighted by Gasteiger charge is 2.03. The molecule has 6 nitrogen and oxygen atoms in total. The summed E-state index contributed by atoms with van der Waals surface area (Å²) in [5.74, 6) is 0.451. The molecule has 0 fully saturated rings. The molecule has 0 bridgehead atoms. The Bertz CT molecular complexity index is 471. The Hall–Kier alpha value is -1.85. The van der Waals surface area contributed by atoms with E-state index in [1.807, 2.05) is 6.92 Å². The van der Waals surface area contributed by atoms with Crippen LogP contribution in [-0.4, -0.2) is 26.5 Å². The summed E-state index contributed by atoms with van der Waals surface area (Å²) in [6.45, 7) is 2.63. The average molecular weight is 179 g/mol. The predicted octanol–water partition coefficient (Wildman–Crippen LogP) is 0.0780. The monoisotopic (exact) mass is 179 g/mol. The van der Waals surface area contributed by atoms with Crippen LogP contribution >= 0.6 is 0 Å². The number of H-pyrrole nitrogens is 2. The van der Waals surface area contributed by atoms with Gasteiger partial charge in [-0.2, -0.15) is 4.98 Å². The highest BCUT2D eigenvalue weighted by Crippen LogP contribution is 2.01. The molecule has 0 spiro atoms. The van der Waals surface area contributed by atoms with Crippen LogP contribution in [0.1, 0.15) is 6.92 Å². The van der Waals surface area contributed by atoms with Crippen LogP contribution in [-0.2, 0) is 0 Å². The number of hydrogen-bond donors (Lipinski definition) is 3. The number of hydrogen-bond acceptors (Lipinski definition) is 4. The van der Waals surface area contributed by atoms with Gasteiger partial charge in [0.05, 0.1) is 6.33 Å². The molecule has 0 aliphatic rings. The molecule has 0 saturated heterocycles. The number of aromatic nitrogens is 4. The van der Waals surface area contributed by atoms with E-state index in [2.05, 4.69) is 25.3 Å². The molecular formula is C7H9N5O. The first kappa shape index (κ1) is 7.78. The first-order valence-electron chi connectivity index (χ1n) is 3.98. The third kappa shape index (κ3) is 1.26. The second kappa shape index (κ2) is 2.89. The van der Waals surface area contributed by atoms with Crippen molar-refractivity contribution in [2.24, 2.45) is 0 Å². The van der Waals surface area contributed by atoms with Crippen molar-refractivity contribution >= 4 is 17.1 Å². The minimum absolute atomic E-state index is 0.210. The van der Waals surface area contributed by atoms with Crippen LogP contribution in [0.25, 0.3) is 11.2 Å². The number of fused-ring (bicyclic) bond motifs is 1. The third-order valence-corrected chi connectivity index (χ3v) is 1.64. The van der Waals surface area contributed by atoms with Gasteiger partial charge in [-0.05, 0) is 6.92 Å². The maximum absolute atomic E-state index is 11.3. The molecule has 6 heteroatoms. The van der Waals surface area contributed by atoms with Crippen molar-refractivity contribution in [3.63, 3.8) is 0 Å². The lowest BCUT2D eigenvalue weighted by Crippen LogP contribution is -2.12. The molecule has 68 valence electrons. The molecule has 0 atom stereocenters. The second-order valence-corrected chi connectivity index (χ2v) is 2.55. The van der Waals surface area contributed by atoms with E-state index in [-0.39, 0.29) is 5.56 Å². The van der Waals surface area contributed by atoms with Gasteiger partial charge in [0.2, 0.25) is 5.95 Å². The van der Waals surface area contributed by atoms with Gasteiger partial charge >= 0.3 is 0 Å². The smallest absolute Gasteiger partial charge is 0.278 e. The molecule has 2 rings (SSSR count). The lowest BCUT2D eigenvalue weighted by molar-refractivity contribution is 1.08. The summed E-state index contributed by atoms with van der Waals surface area (Å²) < 4.78 is 0. The lowest BCUT2D eigenvalue weighted by atomic mass is 10.5. The fraction of sp³-hybridized carbons (Fsp3) is 0.286. The average Bonchev–Trinajstić information content (AvgIpc) is 2.53. The van der Waals surface area contributed by atoms with E-state index in [1.165, 1.54) is 6.33 Å². The zero-order valence-electron chi connectivity index (χ0n) is 7.09. The van der Waals surface area contributed by atoms with Crippen molar-refractivity contribution in [1.29, 1.82) is 0 Å². The minimum Gasteiger partial charge on any atom is -0.356 e. The normalized spacial score (nSPS) is 10.5. The molecule has 2 aromatic heterocycles. The first-order valence-corrected chi connectivity index (χ1v) is 3.98. The first-order chi connectivity index (χ1) is 6.31. The van der Waals surface area contributed by atoms with E-state index in [9.17, 15) is 4.79 Å². The maximum atomic E-state index is 11.3. The molecule has 0 unspecified atom stereocenters. The summed E-state index contributed by atoms with van der Waals surface area (Å²) >= 11 is 0. The quantitative estimate of drug-likeness (QED) is 0.609. The zero-order valence-corrected chi connectivity index (χ0v) is 7.09. The van der Waals surface area contributed by atoms with Crippen LogP contribution in [0.15, 0.2) is 11.1 Å². The summed E-state index contributed by atoms with van der Waals surface area (Å²) in [6, 6.07) is 0. The number of nitrogens with one attached hydrogen (secondary N) is 3. The van der Waals surface area contributed by atoms with Crippen LogP contribution in [0.4, 0.5) is 5.95 Å². The molecule has 13 heavy (non-hydrogen) atoms. The topological polar surface area (TPSA) is 86.5 Å². The fourth-order valence-corrected chi connectivity index (χ4v) is 1.09. The Morgan fingerprint density at radius 2 is 2.46 bits per heavy atom. The van der Waals surface area contributed by atoms with Crippen molar-refractivity contribution in [1.82, 2.24) is 19.9 Å². The van der Waals surface area contributed by atoms with E-state index in [1.54, 1.807) is 0 Å². The molecule has 0 amide bonds. The Balaban J connectivity index is 2.63. The molecule has 0 saturated carbocycles. The minimum atomic E-state index is -0.210. The van der Waals surface area contributed by atoms with E-state index in [0.717, 1.165) is 0 Å². The van der Waals surface area contributed by atoms with Crippen LogP contribution in [0.5, 0.6) is 0 Å². The van der Waals surface area contributed by atoms with Gasteiger partial charge < -0.3 is 10.3 Å². The highest BCUT2D eigenvalue weighted by molar-refractivity contribution is 5.69. The summed E-state index contributed by atoms with van der Waals surface area (Å²) in [5, 5.41) is 2.91. The van der Waals surface area contributed by atoms with E-state index in [0.29, 0.717) is 23.7 Å². The van der Waals surface area contributed by atoms with Crippen molar-refractivity contribution < 1.29 is 0 Å². The molecule has 2 heterocycles. The number of aromatic amines is 2. The molecule has 0 aromatic carbocycles. The molecule has 3 N–H and O–H groups in total. The van der Waals surface area contributed by atoms with Gasteiger partial charge in [-0.3, -0.25) is 9.78 Å². The standard InChI is InChI=1S/C7H9N5O/c1-2-8-7-11-5-4(6(13)12-7)9-3-10-5/h3H,2H2,1H3,(H3,8,9,10,11,12,13). The number of anilines is 1. The SMILES string of the molecule is CCNc1nc2nc[nH]c2c(=O)[nH]1. The fourth-order valence-electron chi connectivity index (χ4n) is 1.09. The number of imidazole rings is 1. The van der Waals surface area contributed by atoms with E-state index >= 15 is 0 Å². The van der Waals surface area contributed by atoms with Gasteiger partial charge in [0.1, 0.15) is 0 Å². The molecular weight excluding hydrogens is 170 g/mol. The van der Waals surface area contributed by atoms with Crippen LogP contribution in [0, 0.1) is 0 Å². The van der Waals surface area contributed by atoms with Crippen LogP contribution < -0.4 is 10.9 Å². The summed E-state index contributed by atoms with van der Waals surface area (Å²) in [7, 11) is 0. The third-order valence-electron chi connectivity index (χ3n) is 1.64. The van der Waals surface area contributed by atoms with Gasteiger partial charge in [-0.15, -0.1) is 0 Å². The van der Waals surface area contributed by atoms with Gasteiger partial charge in [-0.1, -0.05) is 0 Å². The van der Waals surface area contributed by atoms with Gasteiger partial charge in [-0.25, -0.2) is 4.98 Å². The molecule has 0 radical (unpaired) electrons. The highest BCUT2D eigenvalue weighted by atomic mass is 16.1. The van der Waals surface area contributed by atoms with Crippen molar-refractivity contribution in [2.75, 3.05) is 11.9 Å². The second-order valence-electron chi connectivity index (χ2n) is 2.55. The van der Waals surface area contributed by atoms with Gasteiger partial charge in [0.25, 0.3) is 5.56 Å². The van der Waals surface area contributed by atoms with E-state index < -0.39 is 0 Å². The van der Waals surface area contributed by atoms with Crippen LogP contribution in [0.3, 0.4) is 0 Å². The van der Waals surface area contributed by atoms with Crippen molar-refractivity contribution in [2.45, 2.75) is 6.92 Å². The maximum Gasteiger partial charge on any atom is 0.278 e. The number of nitrogens with zero attached hydrogens (tertiary/aromatic N) is 2. The summed E-state index contributed by atoms with van der Waals surface area (Å²) in [5.41, 5.74) is 0.625. The largest absolute Gasteiger partial charge is 0.356 e. The predicted molar refractivity (Wildman–Crippen MR) is 48.7 cm³/mol. The van der Waals surface area contributed by atoms with Crippen LogP contribution in [0.2, 0.25) is 0 Å². The van der Waals surface area contributed by atoms with Gasteiger partial charge in [0.15, 0.2) is 11.2 Å².